The van der Waals surface area contributed by atoms with Crippen LogP contribution in [0.5, 0.6) is 0 Å². The summed E-state index contributed by atoms with van der Waals surface area (Å²) in [5, 5.41) is 11.5. The summed E-state index contributed by atoms with van der Waals surface area (Å²) in [4.78, 5) is 14.2. The van der Waals surface area contributed by atoms with E-state index in [9.17, 15) is 4.79 Å². The number of carbonyl (C=O) groups excluding carboxylic acids is 1. The summed E-state index contributed by atoms with van der Waals surface area (Å²) in [6, 6.07) is 0. The average molecular weight is 318 g/mol. The standard InChI is InChI=1S/C16H26N6O/c1-12-15(13(2)21(5)19-12)6-7-16(23)18-14-10-17-22(11-14)9-8-20(3)4/h10-11H,6-9H2,1-5H3,(H,18,23). The van der Waals surface area contributed by atoms with Gasteiger partial charge in [-0.3, -0.25) is 14.2 Å². The quantitative estimate of drug-likeness (QED) is 0.837. The third-order valence-electron chi connectivity index (χ3n) is 3.95. The minimum Gasteiger partial charge on any atom is -0.323 e. The number of hydrogen-bond acceptors (Lipinski definition) is 4. The highest BCUT2D eigenvalue weighted by Gasteiger charge is 2.12. The number of anilines is 1. The van der Waals surface area contributed by atoms with Gasteiger partial charge in [0.05, 0.1) is 24.1 Å². The molecule has 2 heterocycles. The molecule has 0 aliphatic heterocycles. The predicted octanol–water partition coefficient (Wildman–Crippen LogP) is 1.37. The number of nitrogens with one attached hydrogen (secondary N) is 1. The second kappa shape index (κ2) is 7.41. The molecule has 0 atom stereocenters. The monoisotopic (exact) mass is 318 g/mol. The normalized spacial score (nSPS) is 11.2. The Bertz CT molecular complexity index is 670. The van der Waals surface area contributed by atoms with Gasteiger partial charge in [0.15, 0.2) is 0 Å². The van der Waals surface area contributed by atoms with Crippen molar-refractivity contribution in [2.75, 3.05) is 26.0 Å². The van der Waals surface area contributed by atoms with Gasteiger partial charge < -0.3 is 10.2 Å². The summed E-state index contributed by atoms with van der Waals surface area (Å²) in [6.07, 6.45) is 4.69. The van der Waals surface area contributed by atoms with E-state index in [1.165, 1.54) is 0 Å². The molecule has 0 aliphatic carbocycles. The number of likely N-dealkylation sites (N-methyl/N-ethyl adjacent to an activating group) is 1. The highest BCUT2D eigenvalue weighted by atomic mass is 16.1. The maximum atomic E-state index is 12.1. The van der Waals surface area contributed by atoms with Gasteiger partial charge in [0, 0.05) is 31.9 Å². The van der Waals surface area contributed by atoms with Crippen molar-refractivity contribution in [1.82, 2.24) is 24.5 Å². The lowest BCUT2D eigenvalue weighted by atomic mass is 10.1. The van der Waals surface area contributed by atoms with E-state index in [4.69, 9.17) is 0 Å². The summed E-state index contributed by atoms with van der Waals surface area (Å²) in [7, 11) is 5.97. The molecule has 0 bridgehead atoms. The minimum atomic E-state index is -0.000173. The zero-order valence-electron chi connectivity index (χ0n) is 14.6. The molecule has 0 saturated heterocycles. The fourth-order valence-corrected chi connectivity index (χ4v) is 2.49. The molecule has 7 heteroatoms. The molecule has 2 aromatic heterocycles. The number of rotatable bonds is 7. The van der Waals surface area contributed by atoms with E-state index in [1.54, 1.807) is 6.20 Å². The van der Waals surface area contributed by atoms with Gasteiger partial charge >= 0.3 is 0 Å². The molecule has 0 spiro atoms. The Labute approximate surface area is 137 Å². The van der Waals surface area contributed by atoms with Crippen molar-refractivity contribution in [3.63, 3.8) is 0 Å². The summed E-state index contributed by atoms with van der Waals surface area (Å²) < 4.78 is 3.70. The zero-order valence-corrected chi connectivity index (χ0v) is 14.6. The van der Waals surface area contributed by atoms with E-state index >= 15 is 0 Å². The number of aromatic nitrogens is 4. The first kappa shape index (κ1) is 17.2. The third-order valence-corrected chi connectivity index (χ3v) is 3.95. The van der Waals surface area contributed by atoms with Gasteiger partial charge in [0.1, 0.15) is 0 Å². The van der Waals surface area contributed by atoms with Crippen LogP contribution >= 0.6 is 0 Å². The molecule has 126 valence electrons. The van der Waals surface area contributed by atoms with Crippen LogP contribution in [0.15, 0.2) is 12.4 Å². The van der Waals surface area contributed by atoms with E-state index in [0.717, 1.165) is 35.7 Å². The number of carbonyl (C=O) groups is 1. The van der Waals surface area contributed by atoms with E-state index in [-0.39, 0.29) is 5.91 Å². The Morgan fingerprint density at radius 3 is 2.70 bits per heavy atom. The minimum absolute atomic E-state index is 0.000173. The summed E-state index contributed by atoms with van der Waals surface area (Å²) in [6.45, 7) is 5.72. The van der Waals surface area contributed by atoms with Crippen LogP contribution in [-0.4, -0.2) is 51.0 Å². The van der Waals surface area contributed by atoms with Gasteiger partial charge in [-0.1, -0.05) is 0 Å². The fraction of sp³-hybridized carbons (Fsp3) is 0.562. The summed E-state index contributed by atoms with van der Waals surface area (Å²) in [5.74, 6) is -0.000173. The Morgan fingerprint density at radius 2 is 2.09 bits per heavy atom. The number of aryl methyl sites for hydroxylation is 2. The molecule has 1 N–H and O–H groups in total. The maximum absolute atomic E-state index is 12.1. The van der Waals surface area contributed by atoms with Crippen LogP contribution in [0, 0.1) is 13.8 Å². The number of nitrogens with zero attached hydrogens (tertiary/aromatic N) is 5. The molecular weight excluding hydrogens is 292 g/mol. The molecule has 2 rings (SSSR count). The van der Waals surface area contributed by atoms with Gasteiger partial charge in [-0.2, -0.15) is 10.2 Å². The van der Waals surface area contributed by atoms with Crippen molar-refractivity contribution in [3.8, 4) is 0 Å². The van der Waals surface area contributed by atoms with E-state index in [1.807, 2.05) is 50.6 Å². The predicted molar refractivity (Wildman–Crippen MR) is 90.4 cm³/mol. The Hall–Kier alpha value is -2.15. The SMILES string of the molecule is Cc1nn(C)c(C)c1CCC(=O)Nc1cnn(CCN(C)C)c1. The Kier molecular flexibility index (Phi) is 5.54. The summed E-state index contributed by atoms with van der Waals surface area (Å²) >= 11 is 0. The van der Waals surface area contributed by atoms with E-state index in [0.29, 0.717) is 12.8 Å². The van der Waals surface area contributed by atoms with Crippen LogP contribution in [0.4, 0.5) is 5.69 Å². The van der Waals surface area contributed by atoms with Crippen LogP contribution in [0.2, 0.25) is 0 Å². The van der Waals surface area contributed by atoms with Crippen molar-refractivity contribution in [2.24, 2.45) is 7.05 Å². The number of hydrogen-bond donors (Lipinski definition) is 1. The fourth-order valence-electron chi connectivity index (χ4n) is 2.49. The first-order valence-corrected chi connectivity index (χ1v) is 7.83. The first-order valence-electron chi connectivity index (χ1n) is 7.83. The van der Waals surface area contributed by atoms with Crippen molar-refractivity contribution in [1.29, 1.82) is 0 Å². The molecule has 1 amide bonds. The van der Waals surface area contributed by atoms with E-state index < -0.39 is 0 Å². The molecule has 0 radical (unpaired) electrons. The molecule has 0 unspecified atom stereocenters. The smallest absolute Gasteiger partial charge is 0.224 e. The van der Waals surface area contributed by atoms with Crippen molar-refractivity contribution >= 4 is 11.6 Å². The maximum Gasteiger partial charge on any atom is 0.224 e. The second-order valence-corrected chi connectivity index (χ2v) is 6.12. The van der Waals surface area contributed by atoms with Gasteiger partial charge in [0.25, 0.3) is 0 Å². The topological polar surface area (TPSA) is 68.0 Å². The molecule has 7 nitrogen and oxygen atoms in total. The van der Waals surface area contributed by atoms with Gasteiger partial charge in [-0.05, 0) is 39.9 Å². The molecule has 0 saturated carbocycles. The summed E-state index contributed by atoms with van der Waals surface area (Å²) in [5.41, 5.74) is 4.01. The van der Waals surface area contributed by atoms with Gasteiger partial charge in [0.2, 0.25) is 5.91 Å². The lowest BCUT2D eigenvalue weighted by Gasteiger charge is -2.08. The van der Waals surface area contributed by atoms with Crippen LogP contribution in [0.1, 0.15) is 23.4 Å². The van der Waals surface area contributed by atoms with Gasteiger partial charge in [-0.25, -0.2) is 0 Å². The molecule has 0 aromatic carbocycles. The Morgan fingerprint density at radius 1 is 1.35 bits per heavy atom. The average Bonchev–Trinajstić information content (AvgIpc) is 3.01. The third kappa shape index (κ3) is 4.66. The van der Waals surface area contributed by atoms with Crippen molar-refractivity contribution < 1.29 is 4.79 Å². The largest absolute Gasteiger partial charge is 0.323 e. The lowest BCUT2D eigenvalue weighted by Crippen LogP contribution is -2.18. The lowest BCUT2D eigenvalue weighted by molar-refractivity contribution is -0.116. The highest BCUT2D eigenvalue weighted by Crippen LogP contribution is 2.14. The van der Waals surface area contributed by atoms with Crippen LogP contribution in [0.25, 0.3) is 0 Å². The van der Waals surface area contributed by atoms with Crippen LogP contribution < -0.4 is 5.32 Å². The molecule has 0 fully saturated rings. The van der Waals surface area contributed by atoms with Gasteiger partial charge in [-0.15, -0.1) is 0 Å². The van der Waals surface area contributed by atoms with Crippen molar-refractivity contribution in [2.45, 2.75) is 33.2 Å². The zero-order chi connectivity index (χ0) is 17.0. The molecule has 0 aliphatic rings. The molecule has 23 heavy (non-hydrogen) atoms. The van der Waals surface area contributed by atoms with Crippen LogP contribution in [-0.2, 0) is 24.8 Å². The first-order chi connectivity index (χ1) is 10.9. The Balaban J connectivity index is 1.85. The van der Waals surface area contributed by atoms with E-state index in [2.05, 4.69) is 20.4 Å². The second-order valence-electron chi connectivity index (χ2n) is 6.12. The number of amides is 1. The van der Waals surface area contributed by atoms with Crippen LogP contribution in [0.3, 0.4) is 0 Å². The molecular formula is C16H26N6O. The highest BCUT2D eigenvalue weighted by molar-refractivity contribution is 5.90. The molecule has 2 aromatic rings. The van der Waals surface area contributed by atoms with Crippen molar-refractivity contribution in [3.05, 3.63) is 29.3 Å².